The monoisotopic (exact) mass is 300 g/mol. The molecule has 0 aromatic carbocycles. The van der Waals surface area contributed by atoms with E-state index in [1.807, 2.05) is 26.2 Å². The van der Waals surface area contributed by atoms with Crippen LogP contribution in [0.25, 0.3) is 0 Å². The van der Waals surface area contributed by atoms with Crippen LogP contribution >= 0.6 is 11.5 Å². The second-order valence-corrected chi connectivity index (χ2v) is 6.26. The summed E-state index contributed by atoms with van der Waals surface area (Å²) in [5.74, 6) is 0. The third-order valence-corrected chi connectivity index (χ3v) is 3.06. The van der Waals surface area contributed by atoms with Gasteiger partial charge in [0.2, 0.25) is 0 Å². The zero-order valence-electron chi connectivity index (χ0n) is 12.6. The van der Waals surface area contributed by atoms with Gasteiger partial charge in [0.1, 0.15) is 5.60 Å². The van der Waals surface area contributed by atoms with E-state index in [4.69, 9.17) is 4.74 Å². The molecule has 1 rings (SSSR count). The largest absolute Gasteiger partial charge is 0.444 e. The first kappa shape index (κ1) is 16.8. The minimum atomic E-state index is -0.468. The van der Waals surface area contributed by atoms with Crippen molar-refractivity contribution >= 4 is 17.6 Å². The molecule has 0 aliphatic heterocycles. The maximum Gasteiger partial charge on any atom is 0.407 e. The summed E-state index contributed by atoms with van der Waals surface area (Å²) in [7, 11) is 0. The van der Waals surface area contributed by atoms with E-state index in [-0.39, 0.29) is 12.1 Å². The van der Waals surface area contributed by atoms with Crippen LogP contribution in [0.1, 0.15) is 46.2 Å². The number of alkyl carbamates (subject to hydrolysis) is 1. The van der Waals surface area contributed by atoms with Gasteiger partial charge < -0.3 is 15.4 Å². The Hall–Kier alpha value is -1.21. The average molecular weight is 300 g/mol. The minimum absolute atomic E-state index is 0.203. The summed E-state index contributed by atoms with van der Waals surface area (Å²) < 4.78 is 9.04. The van der Waals surface area contributed by atoms with Gasteiger partial charge >= 0.3 is 6.09 Å². The van der Waals surface area contributed by atoms with Gasteiger partial charge in [0.25, 0.3) is 0 Å². The van der Waals surface area contributed by atoms with Crippen LogP contribution in [-0.4, -0.2) is 33.9 Å². The number of aromatic nitrogens is 2. The second-order valence-electron chi connectivity index (χ2n) is 5.65. The molecule has 2 N–H and O–H groups in total. The van der Waals surface area contributed by atoms with Gasteiger partial charge in [0.05, 0.1) is 5.69 Å². The quantitative estimate of drug-likeness (QED) is 0.808. The number of nitrogens with zero attached hydrogens (tertiary/aromatic N) is 2. The summed E-state index contributed by atoms with van der Waals surface area (Å²) in [5, 5.41) is 12.1. The fourth-order valence-electron chi connectivity index (χ4n) is 1.66. The van der Waals surface area contributed by atoms with Gasteiger partial charge in [0.15, 0.2) is 0 Å². The van der Waals surface area contributed by atoms with Crippen molar-refractivity contribution in [2.24, 2.45) is 0 Å². The van der Waals surface area contributed by atoms with E-state index in [0.717, 1.165) is 18.5 Å². The first-order valence-electron chi connectivity index (χ1n) is 6.87. The smallest absolute Gasteiger partial charge is 0.407 e. The third kappa shape index (κ3) is 7.40. The number of rotatable bonds is 7. The molecule has 6 nitrogen and oxygen atoms in total. The standard InChI is InChI=1S/C13H24N4O2S/c1-5-6-10(14-8-11-9-20-17-16-11)7-15-12(18)19-13(2,3)4/h9-10,14H,5-8H2,1-4H3,(H,15,18). The Labute approximate surface area is 124 Å². The molecule has 0 fully saturated rings. The summed E-state index contributed by atoms with van der Waals surface area (Å²) in [4.78, 5) is 11.6. The maximum absolute atomic E-state index is 11.6. The molecular weight excluding hydrogens is 276 g/mol. The van der Waals surface area contributed by atoms with Gasteiger partial charge in [-0.15, -0.1) is 5.10 Å². The van der Waals surface area contributed by atoms with Crippen LogP contribution in [-0.2, 0) is 11.3 Å². The number of ether oxygens (including phenoxy) is 1. The Balaban J connectivity index is 2.33. The normalized spacial score (nSPS) is 13.0. The lowest BCUT2D eigenvalue weighted by Gasteiger charge is -2.22. The van der Waals surface area contributed by atoms with Crippen molar-refractivity contribution in [1.82, 2.24) is 20.2 Å². The number of nitrogens with one attached hydrogen (secondary N) is 2. The molecule has 0 aliphatic carbocycles. The lowest BCUT2D eigenvalue weighted by atomic mass is 10.1. The molecule has 1 unspecified atom stereocenters. The highest BCUT2D eigenvalue weighted by Gasteiger charge is 2.17. The van der Waals surface area contributed by atoms with Gasteiger partial charge in [-0.3, -0.25) is 0 Å². The fraction of sp³-hybridized carbons (Fsp3) is 0.769. The molecule has 1 heterocycles. The van der Waals surface area contributed by atoms with Crippen molar-refractivity contribution in [1.29, 1.82) is 0 Å². The Morgan fingerprint density at radius 1 is 1.50 bits per heavy atom. The number of carbonyl (C=O) groups excluding carboxylic acids is 1. The molecular formula is C13H24N4O2S. The van der Waals surface area contributed by atoms with Crippen LogP contribution < -0.4 is 10.6 Å². The zero-order chi connectivity index (χ0) is 15.0. The third-order valence-electron chi connectivity index (χ3n) is 2.51. The molecule has 0 bridgehead atoms. The molecule has 0 aliphatic rings. The number of amides is 1. The van der Waals surface area contributed by atoms with E-state index in [1.54, 1.807) is 0 Å². The van der Waals surface area contributed by atoms with Crippen LogP contribution in [0.2, 0.25) is 0 Å². The first-order chi connectivity index (χ1) is 9.40. The SMILES string of the molecule is CCCC(CNC(=O)OC(C)(C)C)NCc1csnn1. The molecule has 7 heteroatoms. The molecule has 0 radical (unpaired) electrons. The lowest BCUT2D eigenvalue weighted by Crippen LogP contribution is -2.42. The first-order valence-corrected chi connectivity index (χ1v) is 7.70. The summed E-state index contributed by atoms with van der Waals surface area (Å²) in [5.41, 5.74) is 0.456. The molecule has 0 saturated carbocycles. The Morgan fingerprint density at radius 3 is 2.80 bits per heavy atom. The molecule has 20 heavy (non-hydrogen) atoms. The number of carbonyl (C=O) groups is 1. The summed E-state index contributed by atoms with van der Waals surface area (Å²) in [6.07, 6.45) is 1.65. The van der Waals surface area contributed by atoms with Crippen molar-refractivity contribution in [3.63, 3.8) is 0 Å². The summed E-state index contributed by atoms with van der Waals surface area (Å²) in [6.45, 7) is 8.88. The fourth-order valence-corrected chi connectivity index (χ4v) is 2.11. The van der Waals surface area contributed by atoms with Gasteiger partial charge in [-0.2, -0.15) is 0 Å². The predicted molar refractivity (Wildman–Crippen MR) is 79.7 cm³/mol. The van der Waals surface area contributed by atoms with E-state index in [2.05, 4.69) is 27.1 Å². The highest BCUT2D eigenvalue weighted by atomic mass is 32.1. The Bertz CT molecular complexity index is 390. The molecule has 1 aromatic heterocycles. The van der Waals surface area contributed by atoms with E-state index in [0.29, 0.717) is 13.1 Å². The van der Waals surface area contributed by atoms with Crippen LogP contribution in [0.5, 0.6) is 0 Å². The zero-order valence-corrected chi connectivity index (χ0v) is 13.4. The van der Waals surface area contributed by atoms with Crippen molar-refractivity contribution in [3.05, 3.63) is 11.1 Å². The maximum atomic E-state index is 11.6. The van der Waals surface area contributed by atoms with Gasteiger partial charge in [-0.1, -0.05) is 17.8 Å². The van der Waals surface area contributed by atoms with Crippen LogP contribution in [0, 0.1) is 0 Å². The molecule has 1 amide bonds. The molecule has 0 spiro atoms. The number of hydrogen-bond donors (Lipinski definition) is 2. The van der Waals surface area contributed by atoms with Gasteiger partial charge in [-0.25, -0.2) is 4.79 Å². The van der Waals surface area contributed by atoms with E-state index >= 15 is 0 Å². The minimum Gasteiger partial charge on any atom is -0.444 e. The predicted octanol–water partition coefficient (Wildman–Crippen LogP) is 2.32. The topological polar surface area (TPSA) is 76.1 Å². The van der Waals surface area contributed by atoms with Crippen LogP contribution in [0.3, 0.4) is 0 Å². The highest BCUT2D eigenvalue weighted by molar-refractivity contribution is 7.03. The van der Waals surface area contributed by atoms with E-state index in [1.165, 1.54) is 11.5 Å². The molecule has 0 saturated heterocycles. The molecule has 1 aromatic rings. The second kappa shape index (κ2) is 8.16. The lowest BCUT2D eigenvalue weighted by molar-refractivity contribution is 0.0521. The van der Waals surface area contributed by atoms with Crippen molar-refractivity contribution in [2.45, 2.75) is 58.7 Å². The van der Waals surface area contributed by atoms with Crippen LogP contribution in [0.15, 0.2) is 5.38 Å². The average Bonchev–Trinajstić information content (AvgIpc) is 2.83. The van der Waals surface area contributed by atoms with E-state index < -0.39 is 5.60 Å². The highest BCUT2D eigenvalue weighted by Crippen LogP contribution is 2.06. The number of hydrogen-bond acceptors (Lipinski definition) is 6. The van der Waals surface area contributed by atoms with Gasteiger partial charge in [-0.05, 0) is 38.7 Å². The molecule has 1 atom stereocenters. The van der Waals surface area contributed by atoms with Crippen molar-refractivity contribution < 1.29 is 9.53 Å². The summed E-state index contributed by atoms with van der Waals surface area (Å²) in [6, 6.07) is 0.203. The van der Waals surface area contributed by atoms with E-state index in [9.17, 15) is 4.79 Å². The van der Waals surface area contributed by atoms with Crippen molar-refractivity contribution in [2.75, 3.05) is 6.54 Å². The van der Waals surface area contributed by atoms with Gasteiger partial charge in [0, 0.05) is 24.5 Å². The molecule has 114 valence electrons. The Morgan fingerprint density at radius 2 is 2.25 bits per heavy atom. The summed E-state index contributed by atoms with van der Waals surface area (Å²) >= 11 is 1.34. The van der Waals surface area contributed by atoms with Crippen molar-refractivity contribution in [3.8, 4) is 0 Å². The van der Waals surface area contributed by atoms with Crippen LogP contribution in [0.4, 0.5) is 4.79 Å². The Kier molecular flexibility index (Phi) is 6.87.